The third-order valence-electron chi connectivity index (χ3n) is 4.48. The van der Waals surface area contributed by atoms with Crippen molar-refractivity contribution in [1.29, 1.82) is 0 Å². The van der Waals surface area contributed by atoms with Crippen LogP contribution in [0.2, 0.25) is 0 Å². The molecule has 2 aromatic heterocycles. The number of hydrogen-bond acceptors (Lipinski definition) is 6. The van der Waals surface area contributed by atoms with Crippen LogP contribution in [0.15, 0.2) is 6.07 Å². The molecule has 7 nitrogen and oxygen atoms in total. The van der Waals surface area contributed by atoms with E-state index in [0.29, 0.717) is 5.92 Å². The Morgan fingerprint density at radius 1 is 1.17 bits per heavy atom. The standard InChI is InChI=1S/C17H27N7/c1-12-9-16(22(4)5)20-17(18-12)23-8-6-7-15(10-23)11-24-14(3)19-13(2)21-24/h9,15H,6-8,10-11H2,1-5H3/t15-/m1/s1. The molecule has 1 fully saturated rings. The highest BCUT2D eigenvalue weighted by molar-refractivity contribution is 5.45. The second-order valence-electron chi connectivity index (χ2n) is 6.90. The minimum atomic E-state index is 0.547. The number of hydrogen-bond donors (Lipinski definition) is 0. The summed E-state index contributed by atoms with van der Waals surface area (Å²) in [6.45, 7) is 8.89. The normalized spacial score (nSPS) is 18.0. The van der Waals surface area contributed by atoms with Crippen LogP contribution in [0.4, 0.5) is 11.8 Å². The maximum Gasteiger partial charge on any atom is 0.227 e. The molecule has 2 aromatic rings. The summed E-state index contributed by atoms with van der Waals surface area (Å²) in [5, 5.41) is 4.50. The molecule has 0 spiro atoms. The van der Waals surface area contributed by atoms with Crippen molar-refractivity contribution in [1.82, 2.24) is 24.7 Å². The lowest BCUT2D eigenvalue weighted by atomic mass is 9.98. The maximum absolute atomic E-state index is 4.73. The predicted octanol–water partition coefficient (Wildman–Crippen LogP) is 1.98. The molecule has 130 valence electrons. The second kappa shape index (κ2) is 6.75. The molecule has 3 heterocycles. The highest BCUT2D eigenvalue weighted by Gasteiger charge is 2.23. The second-order valence-corrected chi connectivity index (χ2v) is 6.90. The van der Waals surface area contributed by atoms with E-state index in [4.69, 9.17) is 4.98 Å². The largest absolute Gasteiger partial charge is 0.363 e. The van der Waals surface area contributed by atoms with Gasteiger partial charge in [0.05, 0.1) is 0 Å². The summed E-state index contributed by atoms with van der Waals surface area (Å²) in [5.41, 5.74) is 1.01. The lowest BCUT2D eigenvalue weighted by Crippen LogP contribution is -2.38. The quantitative estimate of drug-likeness (QED) is 0.855. The molecule has 0 amide bonds. The first kappa shape index (κ1) is 16.7. The first-order chi connectivity index (χ1) is 11.4. The highest BCUT2D eigenvalue weighted by Crippen LogP contribution is 2.23. The van der Waals surface area contributed by atoms with Gasteiger partial charge in [0.1, 0.15) is 17.5 Å². The van der Waals surface area contributed by atoms with Crippen LogP contribution in [0.25, 0.3) is 0 Å². The number of aryl methyl sites for hydroxylation is 3. The van der Waals surface area contributed by atoms with E-state index in [-0.39, 0.29) is 0 Å². The van der Waals surface area contributed by atoms with Gasteiger partial charge in [-0.1, -0.05) is 0 Å². The molecule has 0 unspecified atom stereocenters. The molecular weight excluding hydrogens is 302 g/mol. The van der Waals surface area contributed by atoms with Crippen molar-refractivity contribution in [3.05, 3.63) is 23.4 Å². The molecule has 1 aliphatic rings. The number of nitrogens with zero attached hydrogens (tertiary/aromatic N) is 7. The molecule has 0 saturated carbocycles. The maximum atomic E-state index is 4.73. The van der Waals surface area contributed by atoms with Gasteiger partial charge in [-0.05, 0) is 39.5 Å². The Hall–Kier alpha value is -2.18. The Labute approximate surface area is 143 Å². The van der Waals surface area contributed by atoms with E-state index >= 15 is 0 Å². The van der Waals surface area contributed by atoms with E-state index in [2.05, 4.69) is 20.0 Å². The van der Waals surface area contributed by atoms with Crippen LogP contribution in [0.3, 0.4) is 0 Å². The fourth-order valence-electron chi connectivity index (χ4n) is 3.28. The predicted molar refractivity (Wildman–Crippen MR) is 95.5 cm³/mol. The molecule has 0 aromatic carbocycles. The first-order valence-electron chi connectivity index (χ1n) is 8.58. The van der Waals surface area contributed by atoms with E-state index in [0.717, 1.165) is 55.2 Å². The molecule has 7 heteroatoms. The Morgan fingerprint density at radius 2 is 1.96 bits per heavy atom. The van der Waals surface area contributed by atoms with Gasteiger partial charge in [-0.2, -0.15) is 10.1 Å². The van der Waals surface area contributed by atoms with Crippen LogP contribution in [-0.2, 0) is 6.54 Å². The van der Waals surface area contributed by atoms with E-state index in [1.807, 2.05) is 50.5 Å². The lowest BCUT2D eigenvalue weighted by Gasteiger charge is -2.33. The topological polar surface area (TPSA) is 63.0 Å². The minimum Gasteiger partial charge on any atom is -0.363 e. The Kier molecular flexibility index (Phi) is 4.69. The van der Waals surface area contributed by atoms with Gasteiger partial charge in [0.2, 0.25) is 5.95 Å². The van der Waals surface area contributed by atoms with Gasteiger partial charge < -0.3 is 9.80 Å². The number of piperidine rings is 1. The lowest BCUT2D eigenvalue weighted by molar-refractivity contribution is 0.345. The molecule has 0 aliphatic carbocycles. The summed E-state index contributed by atoms with van der Waals surface area (Å²) in [7, 11) is 4.03. The van der Waals surface area contributed by atoms with E-state index in [9.17, 15) is 0 Å². The zero-order valence-corrected chi connectivity index (χ0v) is 15.3. The molecule has 0 N–H and O–H groups in total. The fourth-order valence-corrected chi connectivity index (χ4v) is 3.28. The molecule has 3 rings (SSSR count). The van der Waals surface area contributed by atoms with Crippen LogP contribution >= 0.6 is 0 Å². The van der Waals surface area contributed by atoms with Crippen molar-refractivity contribution in [2.75, 3.05) is 37.0 Å². The van der Waals surface area contributed by atoms with Crippen molar-refractivity contribution in [3.63, 3.8) is 0 Å². The van der Waals surface area contributed by atoms with Gasteiger partial charge in [-0.25, -0.2) is 14.6 Å². The van der Waals surface area contributed by atoms with Gasteiger partial charge in [0.15, 0.2) is 0 Å². The van der Waals surface area contributed by atoms with E-state index in [1.54, 1.807) is 0 Å². The van der Waals surface area contributed by atoms with Gasteiger partial charge in [-0.3, -0.25) is 0 Å². The third-order valence-corrected chi connectivity index (χ3v) is 4.48. The van der Waals surface area contributed by atoms with Crippen LogP contribution in [0, 0.1) is 26.7 Å². The van der Waals surface area contributed by atoms with Gasteiger partial charge in [0, 0.05) is 45.5 Å². The molecule has 1 atom stereocenters. The number of anilines is 2. The highest BCUT2D eigenvalue weighted by atomic mass is 15.4. The Morgan fingerprint density at radius 3 is 2.62 bits per heavy atom. The summed E-state index contributed by atoms with van der Waals surface area (Å²) in [6.07, 6.45) is 2.37. The third kappa shape index (κ3) is 3.66. The van der Waals surface area contributed by atoms with Crippen molar-refractivity contribution in [3.8, 4) is 0 Å². The summed E-state index contributed by atoms with van der Waals surface area (Å²) in [4.78, 5) is 18.1. The van der Waals surface area contributed by atoms with Crippen LogP contribution in [0.1, 0.15) is 30.2 Å². The van der Waals surface area contributed by atoms with E-state index in [1.165, 1.54) is 6.42 Å². The van der Waals surface area contributed by atoms with Gasteiger partial charge in [-0.15, -0.1) is 0 Å². The first-order valence-corrected chi connectivity index (χ1v) is 8.58. The van der Waals surface area contributed by atoms with Crippen molar-refractivity contribution < 1.29 is 0 Å². The Bertz CT molecular complexity index is 707. The monoisotopic (exact) mass is 329 g/mol. The van der Waals surface area contributed by atoms with Gasteiger partial charge >= 0.3 is 0 Å². The van der Waals surface area contributed by atoms with Crippen molar-refractivity contribution in [2.45, 2.75) is 40.2 Å². The summed E-state index contributed by atoms with van der Waals surface area (Å²) in [6, 6.07) is 2.02. The summed E-state index contributed by atoms with van der Waals surface area (Å²) in [5.74, 6) is 4.19. The molecule has 1 saturated heterocycles. The van der Waals surface area contributed by atoms with Crippen LogP contribution in [-0.4, -0.2) is 51.9 Å². The molecule has 0 bridgehead atoms. The Balaban J connectivity index is 1.75. The average Bonchev–Trinajstić information content (AvgIpc) is 2.84. The fraction of sp³-hybridized carbons (Fsp3) is 0.647. The summed E-state index contributed by atoms with van der Waals surface area (Å²) < 4.78 is 2.03. The zero-order valence-electron chi connectivity index (χ0n) is 15.3. The van der Waals surface area contributed by atoms with E-state index < -0.39 is 0 Å². The smallest absolute Gasteiger partial charge is 0.227 e. The summed E-state index contributed by atoms with van der Waals surface area (Å²) >= 11 is 0. The molecule has 1 aliphatic heterocycles. The molecule has 24 heavy (non-hydrogen) atoms. The van der Waals surface area contributed by atoms with Crippen molar-refractivity contribution >= 4 is 11.8 Å². The van der Waals surface area contributed by atoms with Crippen LogP contribution in [0.5, 0.6) is 0 Å². The van der Waals surface area contributed by atoms with Gasteiger partial charge in [0.25, 0.3) is 0 Å². The molecular formula is C17H27N7. The average molecular weight is 329 g/mol. The minimum absolute atomic E-state index is 0.547. The van der Waals surface area contributed by atoms with Crippen LogP contribution < -0.4 is 9.80 Å². The zero-order chi connectivity index (χ0) is 17.3. The number of aromatic nitrogens is 5. The SMILES string of the molecule is Cc1cc(N(C)C)nc(N2CCC[C@@H](Cn3nc(C)nc3C)C2)n1. The number of rotatable bonds is 4. The van der Waals surface area contributed by atoms with Crippen molar-refractivity contribution in [2.24, 2.45) is 5.92 Å². The molecule has 0 radical (unpaired) electrons.